The van der Waals surface area contributed by atoms with E-state index in [4.69, 9.17) is 4.74 Å². The van der Waals surface area contributed by atoms with E-state index >= 15 is 0 Å². The molecule has 0 aromatic heterocycles. The highest BCUT2D eigenvalue weighted by Gasteiger charge is 2.34. The van der Waals surface area contributed by atoms with Crippen LogP contribution in [-0.2, 0) is 9.53 Å². The Hall–Kier alpha value is -1.56. The summed E-state index contributed by atoms with van der Waals surface area (Å²) in [6.45, 7) is 1.98. The molecule has 1 aliphatic rings. The van der Waals surface area contributed by atoms with Crippen LogP contribution in [0.5, 0.6) is 5.75 Å². The van der Waals surface area contributed by atoms with E-state index in [9.17, 15) is 14.7 Å². The van der Waals surface area contributed by atoms with Crippen LogP contribution in [-0.4, -0.2) is 41.1 Å². The molecule has 0 aliphatic heterocycles. The number of aromatic hydroxyl groups is 1. The third-order valence-corrected chi connectivity index (χ3v) is 3.72. The van der Waals surface area contributed by atoms with Gasteiger partial charge in [0.2, 0.25) is 0 Å². The fourth-order valence-corrected chi connectivity index (χ4v) is 2.16. The number of halogens is 1. The van der Waals surface area contributed by atoms with E-state index in [0.29, 0.717) is 16.6 Å². The van der Waals surface area contributed by atoms with Gasteiger partial charge >= 0.3 is 5.97 Å². The summed E-state index contributed by atoms with van der Waals surface area (Å²) in [7, 11) is 0. The van der Waals surface area contributed by atoms with Crippen LogP contribution in [0.4, 0.5) is 0 Å². The number of benzene rings is 1. The van der Waals surface area contributed by atoms with Crippen molar-refractivity contribution >= 4 is 27.8 Å². The maximum Gasteiger partial charge on any atom is 0.325 e. The van der Waals surface area contributed by atoms with E-state index in [0.717, 1.165) is 12.8 Å². The first-order chi connectivity index (χ1) is 9.52. The molecule has 1 aliphatic carbocycles. The Kier molecular flexibility index (Phi) is 4.65. The molecule has 108 valence electrons. The van der Waals surface area contributed by atoms with Crippen LogP contribution in [0.2, 0.25) is 0 Å². The molecule has 20 heavy (non-hydrogen) atoms. The van der Waals surface area contributed by atoms with Crippen LogP contribution in [0, 0.1) is 0 Å². The Balaban J connectivity index is 2.14. The molecule has 0 atom stereocenters. The van der Waals surface area contributed by atoms with Crippen LogP contribution in [0.15, 0.2) is 22.7 Å². The topological polar surface area (TPSA) is 66.8 Å². The van der Waals surface area contributed by atoms with E-state index in [1.807, 2.05) is 0 Å². The molecule has 2 rings (SSSR count). The SMILES string of the molecule is CCOC(=O)CN(C(=O)c1ccc(Br)c(O)c1)C1CC1. The highest BCUT2D eigenvalue weighted by molar-refractivity contribution is 9.10. The number of carbonyl (C=O) groups excluding carboxylic acids is 2. The van der Waals surface area contributed by atoms with Crippen molar-refractivity contribution < 1.29 is 19.4 Å². The van der Waals surface area contributed by atoms with E-state index in [-0.39, 0.29) is 24.2 Å². The van der Waals surface area contributed by atoms with E-state index < -0.39 is 5.97 Å². The summed E-state index contributed by atoms with van der Waals surface area (Å²) in [5.74, 6) is -0.667. The first-order valence-corrected chi connectivity index (χ1v) is 7.27. The van der Waals surface area contributed by atoms with Crippen LogP contribution in [0.3, 0.4) is 0 Å². The Bertz CT molecular complexity index is 528. The molecule has 5 nitrogen and oxygen atoms in total. The van der Waals surface area contributed by atoms with Gasteiger partial charge in [-0.15, -0.1) is 0 Å². The van der Waals surface area contributed by atoms with Gasteiger partial charge in [0.15, 0.2) is 0 Å². The van der Waals surface area contributed by atoms with Crippen molar-refractivity contribution in [1.29, 1.82) is 0 Å². The average molecular weight is 342 g/mol. The van der Waals surface area contributed by atoms with Crippen LogP contribution in [0.25, 0.3) is 0 Å². The monoisotopic (exact) mass is 341 g/mol. The third-order valence-electron chi connectivity index (χ3n) is 3.05. The predicted octanol–water partition coefficient (Wildman–Crippen LogP) is 2.32. The number of hydrogen-bond donors (Lipinski definition) is 1. The number of esters is 1. The normalized spacial score (nSPS) is 13.9. The number of rotatable bonds is 5. The lowest BCUT2D eigenvalue weighted by molar-refractivity contribution is -0.144. The molecule has 0 unspecified atom stereocenters. The van der Waals surface area contributed by atoms with Gasteiger partial charge in [-0.3, -0.25) is 9.59 Å². The highest BCUT2D eigenvalue weighted by Crippen LogP contribution is 2.30. The minimum absolute atomic E-state index is 0.00253. The first kappa shape index (κ1) is 14.8. The van der Waals surface area contributed by atoms with Gasteiger partial charge < -0.3 is 14.7 Å². The molecule has 1 amide bonds. The fourth-order valence-electron chi connectivity index (χ4n) is 1.91. The van der Waals surface area contributed by atoms with Gasteiger partial charge in [-0.1, -0.05) is 0 Å². The van der Waals surface area contributed by atoms with Crippen LogP contribution < -0.4 is 0 Å². The third kappa shape index (κ3) is 3.50. The molecule has 1 saturated carbocycles. The van der Waals surface area contributed by atoms with E-state index in [2.05, 4.69) is 15.9 Å². The number of phenolic OH excluding ortho intramolecular Hbond substituents is 1. The standard InChI is InChI=1S/C14H16BrNO4/c1-2-20-13(18)8-16(10-4-5-10)14(19)9-3-6-11(15)12(17)7-9/h3,6-7,10,17H,2,4-5,8H2,1H3. The molecule has 0 bridgehead atoms. The summed E-state index contributed by atoms with van der Waals surface area (Å²) in [4.78, 5) is 25.5. The van der Waals surface area contributed by atoms with Gasteiger partial charge in [0, 0.05) is 11.6 Å². The molecule has 1 N–H and O–H groups in total. The fraction of sp³-hybridized carbons (Fsp3) is 0.429. The second-order valence-corrected chi connectivity index (χ2v) is 5.49. The molecule has 0 heterocycles. The average Bonchev–Trinajstić information content (AvgIpc) is 3.23. The zero-order valence-electron chi connectivity index (χ0n) is 11.1. The smallest absolute Gasteiger partial charge is 0.325 e. The molecule has 1 aromatic carbocycles. The van der Waals surface area contributed by atoms with Crippen molar-refractivity contribution in [2.24, 2.45) is 0 Å². The molecular weight excluding hydrogens is 326 g/mol. The number of ether oxygens (including phenoxy) is 1. The summed E-state index contributed by atoms with van der Waals surface area (Å²) in [6, 6.07) is 4.72. The van der Waals surface area contributed by atoms with Gasteiger partial charge in [-0.25, -0.2) is 0 Å². The second-order valence-electron chi connectivity index (χ2n) is 4.64. The second kappa shape index (κ2) is 6.26. The summed E-state index contributed by atoms with van der Waals surface area (Å²) in [6.07, 6.45) is 1.79. The molecule has 1 fully saturated rings. The number of phenols is 1. The quantitative estimate of drug-likeness (QED) is 0.834. The van der Waals surface area contributed by atoms with Crippen molar-refractivity contribution in [1.82, 2.24) is 4.90 Å². The minimum Gasteiger partial charge on any atom is -0.507 e. The van der Waals surface area contributed by atoms with Crippen molar-refractivity contribution in [3.05, 3.63) is 28.2 Å². The van der Waals surface area contributed by atoms with Gasteiger partial charge in [-0.2, -0.15) is 0 Å². The molecule has 1 aromatic rings. The summed E-state index contributed by atoms with van der Waals surface area (Å²) in [5, 5.41) is 9.64. The van der Waals surface area contributed by atoms with Crippen LogP contribution in [0.1, 0.15) is 30.1 Å². The van der Waals surface area contributed by atoms with Gasteiger partial charge in [0.25, 0.3) is 5.91 Å². The summed E-state index contributed by atoms with van der Waals surface area (Å²) in [5.41, 5.74) is 0.363. The zero-order chi connectivity index (χ0) is 14.7. The molecular formula is C14H16BrNO4. The maximum atomic E-state index is 12.4. The van der Waals surface area contributed by atoms with E-state index in [1.54, 1.807) is 19.1 Å². The Morgan fingerprint density at radius 3 is 2.70 bits per heavy atom. The van der Waals surface area contributed by atoms with Crippen molar-refractivity contribution in [3.63, 3.8) is 0 Å². The highest BCUT2D eigenvalue weighted by atomic mass is 79.9. The lowest BCUT2D eigenvalue weighted by atomic mass is 10.2. The summed E-state index contributed by atoms with van der Waals surface area (Å²) < 4.78 is 5.41. The number of nitrogens with zero attached hydrogens (tertiary/aromatic N) is 1. The molecule has 6 heteroatoms. The Morgan fingerprint density at radius 1 is 1.45 bits per heavy atom. The van der Waals surface area contributed by atoms with Gasteiger partial charge in [0.05, 0.1) is 11.1 Å². The maximum absolute atomic E-state index is 12.4. The molecule has 0 saturated heterocycles. The van der Waals surface area contributed by atoms with Gasteiger partial charge in [-0.05, 0) is 53.9 Å². The largest absolute Gasteiger partial charge is 0.507 e. The lowest BCUT2D eigenvalue weighted by Gasteiger charge is -2.21. The van der Waals surface area contributed by atoms with E-state index in [1.165, 1.54) is 11.0 Å². The number of hydrogen-bond acceptors (Lipinski definition) is 4. The van der Waals surface area contributed by atoms with Crippen molar-refractivity contribution in [2.45, 2.75) is 25.8 Å². The first-order valence-electron chi connectivity index (χ1n) is 6.48. The van der Waals surface area contributed by atoms with Crippen molar-refractivity contribution in [2.75, 3.05) is 13.2 Å². The number of carbonyl (C=O) groups is 2. The summed E-state index contributed by atoms with van der Waals surface area (Å²) >= 11 is 3.17. The lowest BCUT2D eigenvalue weighted by Crippen LogP contribution is -2.38. The molecule has 0 radical (unpaired) electrons. The minimum atomic E-state index is -0.408. The zero-order valence-corrected chi connectivity index (χ0v) is 12.7. The molecule has 0 spiro atoms. The predicted molar refractivity (Wildman–Crippen MR) is 76.5 cm³/mol. The Labute approximate surface area is 125 Å². The Morgan fingerprint density at radius 2 is 2.15 bits per heavy atom. The number of amides is 1. The van der Waals surface area contributed by atoms with Crippen molar-refractivity contribution in [3.8, 4) is 5.75 Å². The van der Waals surface area contributed by atoms with Crippen LogP contribution >= 0.6 is 15.9 Å². The van der Waals surface area contributed by atoms with Gasteiger partial charge in [0.1, 0.15) is 12.3 Å².